The number of imidazole rings is 1. The highest BCUT2D eigenvalue weighted by molar-refractivity contribution is 5.08. The van der Waals surface area contributed by atoms with Crippen molar-refractivity contribution in [3.8, 4) is 0 Å². The molecule has 0 saturated carbocycles. The highest BCUT2D eigenvalue weighted by Crippen LogP contribution is 2.25. The average Bonchev–Trinajstić information content (AvgIpc) is 3.28. The van der Waals surface area contributed by atoms with Gasteiger partial charge in [0.15, 0.2) is 5.82 Å². The van der Waals surface area contributed by atoms with Crippen molar-refractivity contribution in [2.75, 3.05) is 33.0 Å². The van der Waals surface area contributed by atoms with Crippen molar-refractivity contribution in [2.45, 2.75) is 37.8 Å². The summed E-state index contributed by atoms with van der Waals surface area (Å²) in [5, 5.41) is 4.79. The van der Waals surface area contributed by atoms with E-state index >= 15 is 0 Å². The second-order valence-electron chi connectivity index (χ2n) is 6.28. The predicted molar refractivity (Wildman–Crippen MR) is 84.8 cm³/mol. The molecule has 4 heterocycles. The van der Waals surface area contributed by atoms with Gasteiger partial charge in [-0.2, -0.15) is 5.10 Å². The summed E-state index contributed by atoms with van der Waals surface area (Å²) in [6.07, 6.45) is 6.20. The maximum absolute atomic E-state index is 5.77. The average molecular weight is 333 g/mol. The lowest BCUT2D eigenvalue weighted by molar-refractivity contribution is -0.0949. The van der Waals surface area contributed by atoms with Gasteiger partial charge in [0.2, 0.25) is 0 Å². The van der Waals surface area contributed by atoms with Crippen molar-refractivity contribution >= 4 is 0 Å². The predicted octanol–water partition coefficient (Wildman–Crippen LogP) is 0.901. The molecule has 0 bridgehead atoms. The zero-order valence-electron chi connectivity index (χ0n) is 13.7. The van der Waals surface area contributed by atoms with Crippen molar-refractivity contribution < 1.29 is 14.2 Å². The topological polar surface area (TPSA) is 87.1 Å². The van der Waals surface area contributed by atoms with E-state index in [-0.39, 0.29) is 6.10 Å². The summed E-state index contributed by atoms with van der Waals surface area (Å²) in [4.78, 5) is 12.0. The first-order chi connectivity index (χ1) is 11.9. The van der Waals surface area contributed by atoms with Crippen molar-refractivity contribution in [2.24, 2.45) is 0 Å². The summed E-state index contributed by atoms with van der Waals surface area (Å²) in [6.45, 7) is 4.16. The first kappa shape index (κ1) is 15.7. The van der Waals surface area contributed by atoms with Gasteiger partial charge < -0.3 is 19.2 Å². The second-order valence-corrected chi connectivity index (χ2v) is 6.28. The molecule has 2 fully saturated rings. The number of hydrogen-bond acceptors (Lipinski definition) is 6. The van der Waals surface area contributed by atoms with Crippen LogP contribution in [0.2, 0.25) is 0 Å². The summed E-state index contributed by atoms with van der Waals surface area (Å²) in [7, 11) is 0. The van der Waals surface area contributed by atoms with Crippen molar-refractivity contribution in [1.82, 2.24) is 24.7 Å². The van der Waals surface area contributed by atoms with Crippen LogP contribution in [0.3, 0.4) is 0 Å². The summed E-state index contributed by atoms with van der Waals surface area (Å²) in [6, 6.07) is 0. The number of nitrogens with one attached hydrogen (secondary N) is 1. The molecule has 2 aliphatic rings. The zero-order chi connectivity index (χ0) is 16.2. The van der Waals surface area contributed by atoms with E-state index in [9.17, 15) is 0 Å². The normalized spacial score (nSPS) is 22.8. The Kier molecular flexibility index (Phi) is 4.86. The van der Waals surface area contributed by atoms with Gasteiger partial charge in [-0.15, -0.1) is 0 Å². The molecule has 0 spiro atoms. The highest BCUT2D eigenvalue weighted by Gasteiger charge is 2.24. The van der Waals surface area contributed by atoms with E-state index in [2.05, 4.69) is 9.97 Å². The molecule has 2 saturated heterocycles. The second kappa shape index (κ2) is 7.42. The SMILES string of the molecule is c1ncc(Cc2nc(C3CCOCC3)nn2C[C@@H]2COCCO2)[nH]1. The third kappa shape index (κ3) is 3.66. The van der Waals surface area contributed by atoms with Gasteiger partial charge in [0, 0.05) is 37.4 Å². The minimum Gasteiger partial charge on any atom is -0.381 e. The van der Waals surface area contributed by atoms with Crippen LogP contribution in [-0.4, -0.2) is 63.9 Å². The minimum absolute atomic E-state index is 0.0310. The third-order valence-electron chi connectivity index (χ3n) is 4.52. The van der Waals surface area contributed by atoms with Crippen LogP contribution in [0, 0.1) is 0 Å². The number of rotatable bonds is 5. The van der Waals surface area contributed by atoms with E-state index in [4.69, 9.17) is 24.3 Å². The summed E-state index contributed by atoms with van der Waals surface area (Å²) >= 11 is 0. The van der Waals surface area contributed by atoms with Gasteiger partial charge in [0.25, 0.3) is 0 Å². The van der Waals surface area contributed by atoms with Crippen LogP contribution in [-0.2, 0) is 27.2 Å². The molecule has 130 valence electrons. The molecule has 0 radical (unpaired) electrons. The Morgan fingerprint density at radius 2 is 2.08 bits per heavy atom. The lowest BCUT2D eigenvalue weighted by Crippen LogP contribution is -2.33. The lowest BCUT2D eigenvalue weighted by Gasteiger charge is -2.23. The van der Waals surface area contributed by atoms with E-state index in [1.807, 2.05) is 10.9 Å². The molecule has 2 aromatic rings. The largest absolute Gasteiger partial charge is 0.381 e. The van der Waals surface area contributed by atoms with Gasteiger partial charge in [-0.25, -0.2) is 14.6 Å². The van der Waals surface area contributed by atoms with Gasteiger partial charge in [-0.3, -0.25) is 0 Å². The fourth-order valence-corrected chi connectivity index (χ4v) is 3.19. The van der Waals surface area contributed by atoms with Crippen LogP contribution in [0.15, 0.2) is 12.5 Å². The highest BCUT2D eigenvalue weighted by atomic mass is 16.6. The maximum Gasteiger partial charge on any atom is 0.154 e. The molecule has 8 nitrogen and oxygen atoms in total. The monoisotopic (exact) mass is 333 g/mol. The molecule has 1 atom stereocenters. The fourth-order valence-electron chi connectivity index (χ4n) is 3.19. The number of ether oxygens (including phenoxy) is 3. The quantitative estimate of drug-likeness (QED) is 0.875. The molecule has 0 aromatic carbocycles. The van der Waals surface area contributed by atoms with Crippen LogP contribution in [0.4, 0.5) is 0 Å². The van der Waals surface area contributed by atoms with E-state index < -0.39 is 0 Å². The van der Waals surface area contributed by atoms with Gasteiger partial charge >= 0.3 is 0 Å². The van der Waals surface area contributed by atoms with Crippen LogP contribution in [0.5, 0.6) is 0 Å². The van der Waals surface area contributed by atoms with Crippen LogP contribution in [0.25, 0.3) is 0 Å². The number of aromatic nitrogens is 5. The summed E-state index contributed by atoms with van der Waals surface area (Å²) in [5.41, 5.74) is 1.03. The molecule has 1 N–H and O–H groups in total. The minimum atomic E-state index is 0.0310. The van der Waals surface area contributed by atoms with Gasteiger partial charge in [0.1, 0.15) is 11.9 Å². The Morgan fingerprint density at radius 3 is 2.83 bits per heavy atom. The van der Waals surface area contributed by atoms with Crippen molar-refractivity contribution in [1.29, 1.82) is 0 Å². The van der Waals surface area contributed by atoms with E-state index in [0.717, 1.165) is 43.4 Å². The van der Waals surface area contributed by atoms with Gasteiger partial charge in [-0.05, 0) is 12.8 Å². The van der Waals surface area contributed by atoms with Crippen LogP contribution >= 0.6 is 0 Å². The molecule has 0 unspecified atom stereocenters. The molecule has 24 heavy (non-hydrogen) atoms. The van der Waals surface area contributed by atoms with E-state index in [0.29, 0.717) is 38.7 Å². The Hall–Kier alpha value is -1.77. The zero-order valence-corrected chi connectivity index (χ0v) is 13.7. The molecular weight excluding hydrogens is 310 g/mol. The molecule has 8 heteroatoms. The Labute approximate surface area is 140 Å². The van der Waals surface area contributed by atoms with Crippen LogP contribution in [0.1, 0.15) is 36.1 Å². The maximum atomic E-state index is 5.77. The third-order valence-corrected chi connectivity index (χ3v) is 4.52. The first-order valence-corrected chi connectivity index (χ1v) is 8.56. The number of hydrogen-bond donors (Lipinski definition) is 1. The van der Waals surface area contributed by atoms with Gasteiger partial charge in [0.05, 0.1) is 32.7 Å². The number of H-pyrrole nitrogens is 1. The standard InChI is InChI=1S/C16H23N5O3/c1-3-22-4-2-12(1)16-19-15(7-13-8-17-11-18-13)21(20-16)9-14-10-23-5-6-24-14/h8,11-12,14H,1-7,9-10H2,(H,17,18)/t14-/m1/s1. The number of aromatic amines is 1. The lowest BCUT2D eigenvalue weighted by atomic mass is 10.00. The molecule has 2 aliphatic heterocycles. The fraction of sp³-hybridized carbons (Fsp3) is 0.688. The molecule has 0 amide bonds. The van der Waals surface area contributed by atoms with E-state index in [1.54, 1.807) is 6.33 Å². The van der Waals surface area contributed by atoms with Crippen LogP contribution < -0.4 is 0 Å². The Morgan fingerprint density at radius 1 is 1.17 bits per heavy atom. The number of nitrogens with zero attached hydrogens (tertiary/aromatic N) is 4. The summed E-state index contributed by atoms with van der Waals surface area (Å²) < 4.78 is 18.7. The molecule has 4 rings (SSSR count). The van der Waals surface area contributed by atoms with E-state index in [1.165, 1.54) is 0 Å². The Bertz CT molecular complexity index is 630. The molecular formula is C16H23N5O3. The molecule has 0 aliphatic carbocycles. The summed E-state index contributed by atoms with van der Waals surface area (Å²) in [5.74, 6) is 2.24. The molecule has 2 aromatic heterocycles. The smallest absolute Gasteiger partial charge is 0.154 e. The van der Waals surface area contributed by atoms with Gasteiger partial charge in [-0.1, -0.05) is 0 Å². The van der Waals surface area contributed by atoms with Crippen molar-refractivity contribution in [3.63, 3.8) is 0 Å². The van der Waals surface area contributed by atoms with Crippen molar-refractivity contribution in [3.05, 3.63) is 29.9 Å². The first-order valence-electron chi connectivity index (χ1n) is 8.56. The Balaban J connectivity index is 1.54.